The third kappa shape index (κ3) is 3.12. The van der Waals surface area contributed by atoms with E-state index in [0.29, 0.717) is 12.0 Å². The standard InChI is InChI=1S/C12H16F2N2/c1-3-8(2)6-12(16-15)9-4-5-10(13)11(14)7-9/h4-5,7,12,16H,2-3,6,15H2,1H3. The Bertz CT molecular complexity index is 377. The summed E-state index contributed by atoms with van der Waals surface area (Å²) in [5.41, 5.74) is 4.21. The maximum atomic E-state index is 13.0. The van der Waals surface area contributed by atoms with Crippen LogP contribution in [0.5, 0.6) is 0 Å². The van der Waals surface area contributed by atoms with Crippen molar-refractivity contribution in [3.63, 3.8) is 0 Å². The van der Waals surface area contributed by atoms with Gasteiger partial charge in [-0.05, 0) is 30.5 Å². The SMILES string of the molecule is C=C(CC)CC(NN)c1ccc(F)c(F)c1. The Kier molecular flexibility index (Phi) is 4.58. The maximum Gasteiger partial charge on any atom is 0.159 e. The van der Waals surface area contributed by atoms with Gasteiger partial charge in [0.05, 0.1) is 0 Å². The van der Waals surface area contributed by atoms with Crippen molar-refractivity contribution in [2.75, 3.05) is 0 Å². The lowest BCUT2D eigenvalue weighted by molar-refractivity contribution is 0.496. The molecule has 88 valence electrons. The molecule has 1 aromatic rings. The molecule has 0 fully saturated rings. The second-order valence-corrected chi connectivity index (χ2v) is 3.70. The van der Waals surface area contributed by atoms with Gasteiger partial charge in [-0.3, -0.25) is 11.3 Å². The number of halogens is 2. The quantitative estimate of drug-likeness (QED) is 0.460. The fraction of sp³-hybridized carbons (Fsp3) is 0.333. The molecule has 1 unspecified atom stereocenters. The van der Waals surface area contributed by atoms with Gasteiger partial charge in [-0.1, -0.05) is 25.1 Å². The van der Waals surface area contributed by atoms with Crippen LogP contribution in [0.3, 0.4) is 0 Å². The van der Waals surface area contributed by atoms with E-state index in [0.717, 1.165) is 24.1 Å². The summed E-state index contributed by atoms with van der Waals surface area (Å²) in [6.45, 7) is 5.85. The van der Waals surface area contributed by atoms with Gasteiger partial charge in [-0.25, -0.2) is 8.78 Å². The van der Waals surface area contributed by atoms with E-state index >= 15 is 0 Å². The Morgan fingerprint density at radius 2 is 2.12 bits per heavy atom. The first kappa shape index (κ1) is 12.8. The van der Waals surface area contributed by atoms with Crippen LogP contribution < -0.4 is 11.3 Å². The highest BCUT2D eigenvalue weighted by Gasteiger charge is 2.12. The molecule has 0 amide bonds. The van der Waals surface area contributed by atoms with Crippen molar-refractivity contribution in [2.45, 2.75) is 25.8 Å². The Hall–Kier alpha value is -1.26. The van der Waals surface area contributed by atoms with Crippen LogP contribution in [-0.4, -0.2) is 0 Å². The van der Waals surface area contributed by atoms with Crippen LogP contribution in [-0.2, 0) is 0 Å². The van der Waals surface area contributed by atoms with E-state index in [1.807, 2.05) is 6.92 Å². The first-order valence-corrected chi connectivity index (χ1v) is 5.16. The molecule has 3 N–H and O–H groups in total. The van der Waals surface area contributed by atoms with Gasteiger partial charge in [0.1, 0.15) is 0 Å². The van der Waals surface area contributed by atoms with E-state index in [1.54, 1.807) is 0 Å². The average Bonchev–Trinajstić information content (AvgIpc) is 2.29. The van der Waals surface area contributed by atoms with Gasteiger partial charge in [0.2, 0.25) is 0 Å². The second kappa shape index (κ2) is 5.72. The minimum Gasteiger partial charge on any atom is -0.271 e. The number of nitrogens with two attached hydrogens (primary N) is 1. The minimum absolute atomic E-state index is 0.234. The van der Waals surface area contributed by atoms with Crippen molar-refractivity contribution in [3.05, 3.63) is 47.5 Å². The molecule has 1 rings (SSSR count). The highest BCUT2D eigenvalue weighted by molar-refractivity contribution is 5.22. The zero-order chi connectivity index (χ0) is 12.1. The van der Waals surface area contributed by atoms with Crippen molar-refractivity contribution in [2.24, 2.45) is 5.84 Å². The lowest BCUT2D eigenvalue weighted by atomic mass is 9.99. The summed E-state index contributed by atoms with van der Waals surface area (Å²) in [6.07, 6.45) is 1.44. The molecule has 1 aromatic carbocycles. The molecule has 0 saturated heterocycles. The molecule has 4 heteroatoms. The topological polar surface area (TPSA) is 38.0 Å². The van der Waals surface area contributed by atoms with Crippen LogP contribution >= 0.6 is 0 Å². The van der Waals surface area contributed by atoms with Gasteiger partial charge in [0, 0.05) is 6.04 Å². The van der Waals surface area contributed by atoms with E-state index < -0.39 is 11.6 Å². The Morgan fingerprint density at radius 3 is 2.62 bits per heavy atom. The number of benzene rings is 1. The Morgan fingerprint density at radius 1 is 1.44 bits per heavy atom. The van der Waals surface area contributed by atoms with Crippen LogP contribution in [0.25, 0.3) is 0 Å². The third-order valence-corrected chi connectivity index (χ3v) is 2.54. The number of hydrogen-bond donors (Lipinski definition) is 2. The van der Waals surface area contributed by atoms with Crippen molar-refractivity contribution < 1.29 is 8.78 Å². The van der Waals surface area contributed by atoms with Crippen LogP contribution in [0.2, 0.25) is 0 Å². The van der Waals surface area contributed by atoms with Crippen LogP contribution in [0.15, 0.2) is 30.4 Å². The zero-order valence-corrected chi connectivity index (χ0v) is 9.26. The maximum absolute atomic E-state index is 13.0. The molecule has 0 aliphatic heterocycles. The monoisotopic (exact) mass is 226 g/mol. The van der Waals surface area contributed by atoms with Crippen molar-refractivity contribution in [1.29, 1.82) is 0 Å². The fourth-order valence-corrected chi connectivity index (χ4v) is 1.44. The molecule has 0 aliphatic carbocycles. The van der Waals surface area contributed by atoms with Gasteiger partial charge in [-0.15, -0.1) is 0 Å². The smallest absolute Gasteiger partial charge is 0.159 e. The van der Waals surface area contributed by atoms with Crippen molar-refractivity contribution in [3.8, 4) is 0 Å². The molecule has 0 saturated carbocycles. The summed E-state index contributed by atoms with van der Waals surface area (Å²) < 4.78 is 25.8. The average molecular weight is 226 g/mol. The first-order valence-electron chi connectivity index (χ1n) is 5.16. The predicted molar refractivity (Wildman–Crippen MR) is 60.5 cm³/mol. The highest BCUT2D eigenvalue weighted by atomic mass is 19.2. The molecular formula is C12H16F2N2. The van der Waals surface area contributed by atoms with Gasteiger partial charge in [0.25, 0.3) is 0 Å². The third-order valence-electron chi connectivity index (χ3n) is 2.54. The van der Waals surface area contributed by atoms with Crippen molar-refractivity contribution in [1.82, 2.24) is 5.43 Å². The number of nitrogens with one attached hydrogen (secondary N) is 1. The summed E-state index contributed by atoms with van der Waals surface area (Å²) in [5.74, 6) is 3.67. The molecule has 0 heterocycles. The van der Waals surface area contributed by atoms with Gasteiger partial charge >= 0.3 is 0 Å². The predicted octanol–water partition coefficient (Wildman–Crippen LogP) is 2.83. The molecule has 0 bridgehead atoms. The summed E-state index contributed by atoms with van der Waals surface area (Å²) in [6, 6.07) is 3.54. The van der Waals surface area contributed by atoms with E-state index in [4.69, 9.17) is 5.84 Å². The van der Waals surface area contributed by atoms with E-state index in [-0.39, 0.29) is 6.04 Å². The Labute approximate surface area is 94.1 Å². The summed E-state index contributed by atoms with van der Waals surface area (Å²) in [7, 11) is 0. The molecule has 2 nitrogen and oxygen atoms in total. The summed E-state index contributed by atoms with van der Waals surface area (Å²) in [4.78, 5) is 0. The molecule has 16 heavy (non-hydrogen) atoms. The zero-order valence-electron chi connectivity index (χ0n) is 9.26. The van der Waals surface area contributed by atoms with E-state index in [9.17, 15) is 8.78 Å². The summed E-state index contributed by atoms with van der Waals surface area (Å²) in [5, 5.41) is 0. The number of hydrogen-bond acceptors (Lipinski definition) is 2. The van der Waals surface area contributed by atoms with E-state index in [2.05, 4.69) is 12.0 Å². The first-order chi connectivity index (χ1) is 7.58. The number of hydrazine groups is 1. The minimum atomic E-state index is -0.861. The number of rotatable bonds is 5. The molecule has 0 spiro atoms. The van der Waals surface area contributed by atoms with Crippen molar-refractivity contribution >= 4 is 0 Å². The van der Waals surface area contributed by atoms with Crippen LogP contribution in [0.1, 0.15) is 31.4 Å². The van der Waals surface area contributed by atoms with Gasteiger partial charge in [0.15, 0.2) is 11.6 Å². The van der Waals surface area contributed by atoms with Crippen LogP contribution in [0, 0.1) is 11.6 Å². The van der Waals surface area contributed by atoms with E-state index in [1.165, 1.54) is 6.07 Å². The fourth-order valence-electron chi connectivity index (χ4n) is 1.44. The Balaban J connectivity index is 2.86. The van der Waals surface area contributed by atoms with Gasteiger partial charge in [-0.2, -0.15) is 0 Å². The van der Waals surface area contributed by atoms with Crippen LogP contribution in [0.4, 0.5) is 8.78 Å². The normalized spacial score (nSPS) is 12.5. The van der Waals surface area contributed by atoms with Gasteiger partial charge < -0.3 is 0 Å². The molecule has 0 aliphatic rings. The molecule has 0 radical (unpaired) electrons. The largest absolute Gasteiger partial charge is 0.271 e. The second-order valence-electron chi connectivity index (χ2n) is 3.70. The lowest BCUT2D eigenvalue weighted by Crippen LogP contribution is -2.28. The molecule has 0 aromatic heterocycles. The highest BCUT2D eigenvalue weighted by Crippen LogP contribution is 2.22. The molecular weight excluding hydrogens is 210 g/mol. The summed E-state index contributed by atoms with van der Waals surface area (Å²) >= 11 is 0. The lowest BCUT2D eigenvalue weighted by Gasteiger charge is -2.17. The molecule has 1 atom stereocenters.